The van der Waals surface area contributed by atoms with Gasteiger partial charge in [-0.15, -0.1) is 0 Å². The van der Waals surface area contributed by atoms with Crippen LogP contribution in [0.3, 0.4) is 0 Å². The molecule has 0 bridgehead atoms. The number of hydrogen-bond donors (Lipinski definition) is 2. The van der Waals surface area contributed by atoms with Gasteiger partial charge in [0.1, 0.15) is 30.6 Å². The van der Waals surface area contributed by atoms with Crippen LogP contribution in [0.4, 0.5) is 14.7 Å². The zero-order valence-corrected chi connectivity index (χ0v) is 29.9. The van der Waals surface area contributed by atoms with E-state index in [1.54, 1.807) is 14.0 Å². The summed E-state index contributed by atoms with van der Waals surface area (Å²) in [6.07, 6.45) is -5.93. The van der Waals surface area contributed by atoms with E-state index in [9.17, 15) is 19.4 Å². The maximum Gasteiger partial charge on any atom is 0.379 e. The van der Waals surface area contributed by atoms with Crippen molar-refractivity contribution in [2.75, 3.05) is 19.0 Å². The summed E-state index contributed by atoms with van der Waals surface area (Å²) < 4.78 is 54.1. The molecule has 0 radical (unpaired) electrons. The summed E-state index contributed by atoms with van der Waals surface area (Å²) in [6, 6.07) is 35.6. The molecule has 2 N–H and O–H groups in total. The Hall–Kier alpha value is -6.12. The van der Waals surface area contributed by atoms with Crippen LogP contribution in [0.25, 0.3) is 21.6 Å². The molecule has 2 aromatic heterocycles. The van der Waals surface area contributed by atoms with Gasteiger partial charge in [-0.05, 0) is 46.3 Å². The van der Waals surface area contributed by atoms with Gasteiger partial charge in [-0.1, -0.05) is 115 Å². The number of rotatable bonds is 15. The van der Waals surface area contributed by atoms with Crippen molar-refractivity contribution < 1.29 is 32.8 Å². The SMILES string of the molecule is CC[C@H]1O[C@@H](n2cnc3c(OCc4ccccc4)nc(NC(c4ccccc4)(c4ccccc4)c4ccc(OC)cc4)nc32)[C@H](OC(F)(F)CO)[C@@H]1N=[N+]=[N-]. The second kappa shape index (κ2) is 16.1. The molecular weight excluding hydrogens is 710 g/mol. The summed E-state index contributed by atoms with van der Waals surface area (Å²) in [7, 11) is 1.60. The number of nitrogens with zero attached hydrogens (tertiary/aromatic N) is 7. The minimum absolute atomic E-state index is 0.106. The highest BCUT2D eigenvalue weighted by Crippen LogP contribution is 2.43. The van der Waals surface area contributed by atoms with Crippen LogP contribution in [0.2, 0.25) is 0 Å². The minimum atomic E-state index is -3.97. The fourth-order valence-corrected chi connectivity index (χ4v) is 6.90. The number of benzene rings is 4. The van der Waals surface area contributed by atoms with Gasteiger partial charge in [-0.2, -0.15) is 18.7 Å². The van der Waals surface area contributed by atoms with Gasteiger partial charge in [-0.25, -0.2) is 4.98 Å². The Morgan fingerprint density at radius 3 is 2.11 bits per heavy atom. The van der Waals surface area contributed by atoms with E-state index in [-0.39, 0.29) is 29.6 Å². The average Bonchev–Trinajstić information content (AvgIpc) is 3.80. The van der Waals surface area contributed by atoms with Gasteiger partial charge in [0.15, 0.2) is 17.4 Å². The molecule has 1 fully saturated rings. The van der Waals surface area contributed by atoms with Crippen LogP contribution in [-0.2, 0) is 21.6 Å². The third-order valence-electron chi connectivity index (χ3n) is 9.51. The maximum absolute atomic E-state index is 14.7. The quantitative estimate of drug-likeness (QED) is 0.0463. The van der Waals surface area contributed by atoms with Crippen LogP contribution in [0.1, 0.15) is 41.8 Å². The molecule has 13 nitrogen and oxygen atoms in total. The number of aromatic nitrogens is 4. The third-order valence-corrected chi connectivity index (χ3v) is 9.51. The number of aliphatic hydroxyl groups is 1. The predicted octanol–water partition coefficient (Wildman–Crippen LogP) is 7.77. The van der Waals surface area contributed by atoms with Gasteiger partial charge in [0.25, 0.3) is 0 Å². The van der Waals surface area contributed by atoms with Crippen molar-refractivity contribution in [3.63, 3.8) is 0 Å². The minimum Gasteiger partial charge on any atom is -0.497 e. The van der Waals surface area contributed by atoms with E-state index in [4.69, 9.17) is 28.9 Å². The molecule has 1 saturated heterocycles. The molecule has 55 heavy (non-hydrogen) atoms. The van der Waals surface area contributed by atoms with Crippen molar-refractivity contribution in [1.82, 2.24) is 19.5 Å². The molecule has 1 aliphatic rings. The second-order valence-electron chi connectivity index (χ2n) is 12.8. The number of halogens is 2. The third kappa shape index (κ3) is 7.51. The Morgan fingerprint density at radius 1 is 0.909 bits per heavy atom. The smallest absolute Gasteiger partial charge is 0.379 e. The van der Waals surface area contributed by atoms with E-state index < -0.39 is 42.7 Å². The zero-order valence-electron chi connectivity index (χ0n) is 29.9. The lowest BCUT2D eigenvalue weighted by atomic mass is 9.77. The summed E-state index contributed by atoms with van der Waals surface area (Å²) in [4.78, 5) is 17.3. The number of hydrogen-bond acceptors (Lipinski definition) is 10. The molecule has 0 aliphatic carbocycles. The van der Waals surface area contributed by atoms with Crippen molar-refractivity contribution in [2.24, 2.45) is 5.11 Å². The Morgan fingerprint density at radius 2 is 1.53 bits per heavy atom. The monoisotopic (exact) mass is 748 g/mol. The molecule has 4 atom stereocenters. The van der Waals surface area contributed by atoms with E-state index >= 15 is 0 Å². The fourth-order valence-electron chi connectivity index (χ4n) is 6.90. The number of aliphatic hydroxyl groups excluding tert-OH is 1. The van der Waals surface area contributed by atoms with Crippen LogP contribution >= 0.6 is 0 Å². The molecule has 15 heteroatoms. The molecular formula is C40H38F2N8O5. The van der Waals surface area contributed by atoms with E-state index in [1.807, 2.05) is 115 Å². The number of fused-ring (bicyclic) bond motifs is 1. The molecule has 3 heterocycles. The average molecular weight is 749 g/mol. The van der Waals surface area contributed by atoms with Crippen molar-refractivity contribution in [1.29, 1.82) is 0 Å². The van der Waals surface area contributed by atoms with Gasteiger partial charge < -0.3 is 29.4 Å². The Labute approximate surface area is 315 Å². The Kier molecular flexibility index (Phi) is 10.9. The van der Waals surface area contributed by atoms with Crippen LogP contribution in [-0.4, -0.2) is 62.7 Å². The predicted molar refractivity (Wildman–Crippen MR) is 200 cm³/mol. The summed E-state index contributed by atoms with van der Waals surface area (Å²) in [5.41, 5.74) is 12.1. The Bertz CT molecular complexity index is 2200. The molecule has 0 amide bonds. The van der Waals surface area contributed by atoms with Crippen molar-refractivity contribution in [2.45, 2.75) is 56.1 Å². The Balaban J connectivity index is 1.43. The first-order chi connectivity index (χ1) is 26.8. The standard InChI is InChI=1S/C40H38F2N8O5/c1-3-31-32(48-49-43)34(55-39(41,42)24-51)37(54-31)50-25-44-33-35(50)45-38(46-36(33)53-23-26-13-7-4-8-14-26)47-40(27-15-9-5-10-16-27,28-17-11-6-12-18-28)29-19-21-30(52-2)22-20-29/h4-22,25,31-32,34,37,51H,3,23-24H2,1-2H3,(H,45,46,47)/t31-,32-,34-,37-/m1/s1. The van der Waals surface area contributed by atoms with Gasteiger partial charge >= 0.3 is 6.11 Å². The van der Waals surface area contributed by atoms with Gasteiger partial charge in [0.2, 0.25) is 11.8 Å². The van der Waals surface area contributed by atoms with Crippen LogP contribution < -0.4 is 14.8 Å². The van der Waals surface area contributed by atoms with Crippen molar-refractivity contribution in [3.8, 4) is 11.6 Å². The maximum atomic E-state index is 14.7. The molecule has 7 rings (SSSR count). The molecule has 282 valence electrons. The van der Waals surface area contributed by atoms with Crippen LogP contribution in [0.5, 0.6) is 11.6 Å². The van der Waals surface area contributed by atoms with E-state index in [0.717, 1.165) is 22.3 Å². The zero-order chi connectivity index (χ0) is 38.4. The number of anilines is 1. The van der Waals surface area contributed by atoms with Gasteiger partial charge in [0, 0.05) is 4.91 Å². The molecule has 6 aromatic rings. The normalized spacial score (nSPS) is 18.5. The molecule has 0 saturated carbocycles. The fraction of sp³-hybridized carbons (Fsp3) is 0.275. The van der Waals surface area contributed by atoms with E-state index in [1.165, 1.54) is 10.9 Å². The number of methoxy groups -OCH3 is 1. The highest BCUT2D eigenvalue weighted by atomic mass is 19.3. The number of alkyl halides is 2. The molecule has 1 aliphatic heterocycles. The summed E-state index contributed by atoms with van der Waals surface area (Å²) in [6.45, 7) is 0.304. The lowest BCUT2D eigenvalue weighted by Crippen LogP contribution is -2.40. The summed E-state index contributed by atoms with van der Waals surface area (Å²) >= 11 is 0. The first-order valence-electron chi connectivity index (χ1n) is 17.6. The van der Waals surface area contributed by atoms with E-state index in [0.29, 0.717) is 12.2 Å². The lowest BCUT2D eigenvalue weighted by Gasteiger charge is -2.37. The van der Waals surface area contributed by atoms with Crippen LogP contribution in [0, 0.1) is 0 Å². The molecule has 4 aromatic carbocycles. The molecule has 0 unspecified atom stereocenters. The number of nitrogens with one attached hydrogen (secondary N) is 1. The topological polar surface area (TPSA) is 162 Å². The summed E-state index contributed by atoms with van der Waals surface area (Å²) in [5, 5.41) is 16.9. The number of ether oxygens (including phenoxy) is 4. The van der Waals surface area contributed by atoms with Gasteiger partial charge in [-0.3, -0.25) is 4.57 Å². The van der Waals surface area contributed by atoms with Crippen LogP contribution in [0.15, 0.2) is 127 Å². The first kappa shape index (κ1) is 37.2. The second-order valence-corrected chi connectivity index (χ2v) is 12.8. The lowest BCUT2D eigenvalue weighted by molar-refractivity contribution is -0.290. The molecule has 0 spiro atoms. The number of azide groups is 1. The van der Waals surface area contributed by atoms with Crippen molar-refractivity contribution in [3.05, 3.63) is 154 Å². The largest absolute Gasteiger partial charge is 0.497 e. The van der Waals surface area contributed by atoms with Crippen molar-refractivity contribution >= 4 is 17.1 Å². The highest BCUT2D eigenvalue weighted by Gasteiger charge is 2.50. The number of imidazole rings is 1. The summed E-state index contributed by atoms with van der Waals surface area (Å²) in [5.74, 6) is 0.881. The van der Waals surface area contributed by atoms with Gasteiger partial charge in [0.05, 0.1) is 25.6 Å². The van der Waals surface area contributed by atoms with E-state index in [2.05, 4.69) is 20.3 Å². The first-order valence-corrected chi connectivity index (χ1v) is 17.6. The highest BCUT2D eigenvalue weighted by molar-refractivity contribution is 5.78.